The summed E-state index contributed by atoms with van der Waals surface area (Å²) in [6, 6.07) is 5.48. The third-order valence-corrected chi connectivity index (χ3v) is 8.03. The van der Waals surface area contributed by atoms with Gasteiger partial charge in [-0.3, -0.25) is 9.78 Å². The lowest BCUT2D eigenvalue weighted by atomic mass is 9.66. The van der Waals surface area contributed by atoms with Crippen molar-refractivity contribution in [2.75, 3.05) is 13.2 Å². The number of aromatic nitrogens is 5. The fourth-order valence-corrected chi connectivity index (χ4v) is 6.19. The van der Waals surface area contributed by atoms with Gasteiger partial charge < -0.3 is 14.8 Å². The maximum atomic E-state index is 14.5. The van der Waals surface area contributed by atoms with E-state index in [0.717, 1.165) is 24.1 Å². The number of fused-ring (bicyclic) bond motifs is 5. The second-order valence-electron chi connectivity index (χ2n) is 10.2. The van der Waals surface area contributed by atoms with Crippen molar-refractivity contribution < 1.29 is 23.1 Å². The van der Waals surface area contributed by atoms with Crippen LogP contribution in [0.4, 0.5) is 8.78 Å². The summed E-state index contributed by atoms with van der Waals surface area (Å²) in [6.07, 6.45) is 6.01. The largest absolute Gasteiger partial charge is 0.442 e. The van der Waals surface area contributed by atoms with Gasteiger partial charge in [0.25, 0.3) is 5.91 Å². The summed E-state index contributed by atoms with van der Waals surface area (Å²) < 4.78 is 34.5. The standard InChI is InChI=1S/C27H24F2N6O3/c1-26(2)15-6-7-27(26,23-14(15)10-18(34-35-23)22-16(28)4-3-5-17(22)29)21-12-30-11-19(32-21)25-33-20(13-38-25)24(37)31-8-9-36/h3-5,10-13,15,36H,6-9H2,1-2H3,(H,31,37)/t15-,27?/m0/s1. The zero-order valence-electron chi connectivity index (χ0n) is 20.7. The number of aliphatic hydroxyl groups is 1. The van der Waals surface area contributed by atoms with Gasteiger partial charge in [-0.25, -0.2) is 18.7 Å². The van der Waals surface area contributed by atoms with Crippen LogP contribution in [0.15, 0.2) is 47.3 Å². The van der Waals surface area contributed by atoms with Gasteiger partial charge in [-0.2, -0.15) is 5.10 Å². The van der Waals surface area contributed by atoms with E-state index in [2.05, 4.69) is 39.3 Å². The summed E-state index contributed by atoms with van der Waals surface area (Å²) in [7, 11) is 0. The van der Waals surface area contributed by atoms with Crippen LogP contribution in [0.2, 0.25) is 0 Å². The molecule has 1 fully saturated rings. The van der Waals surface area contributed by atoms with Crippen molar-refractivity contribution in [2.24, 2.45) is 5.41 Å². The first-order valence-electron chi connectivity index (χ1n) is 12.3. The molecule has 6 rings (SSSR count). The van der Waals surface area contributed by atoms with Crippen LogP contribution in [0, 0.1) is 17.0 Å². The van der Waals surface area contributed by atoms with Crippen LogP contribution in [0.1, 0.15) is 60.0 Å². The molecule has 1 amide bonds. The van der Waals surface area contributed by atoms with Gasteiger partial charge in [-0.1, -0.05) is 19.9 Å². The molecule has 11 heteroatoms. The molecule has 0 spiro atoms. The van der Waals surface area contributed by atoms with E-state index in [1.54, 1.807) is 12.3 Å². The van der Waals surface area contributed by atoms with Gasteiger partial charge in [0.05, 0.1) is 40.9 Å². The topological polar surface area (TPSA) is 127 Å². The highest BCUT2D eigenvalue weighted by Crippen LogP contribution is 2.69. The molecule has 1 saturated carbocycles. The van der Waals surface area contributed by atoms with E-state index in [4.69, 9.17) is 14.5 Å². The van der Waals surface area contributed by atoms with Gasteiger partial charge in [0, 0.05) is 12.7 Å². The van der Waals surface area contributed by atoms with E-state index in [1.165, 1.54) is 30.7 Å². The highest BCUT2D eigenvalue weighted by atomic mass is 19.1. The molecule has 2 aliphatic rings. The molecule has 2 aliphatic carbocycles. The Morgan fingerprint density at radius 3 is 2.71 bits per heavy atom. The van der Waals surface area contributed by atoms with Crippen molar-refractivity contribution in [1.82, 2.24) is 30.5 Å². The lowest BCUT2D eigenvalue weighted by molar-refractivity contribution is 0.0940. The number of nitrogens with one attached hydrogen (secondary N) is 1. The monoisotopic (exact) mass is 518 g/mol. The number of hydrogen-bond acceptors (Lipinski definition) is 8. The lowest BCUT2D eigenvalue weighted by Crippen LogP contribution is -2.38. The first-order chi connectivity index (χ1) is 18.3. The first kappa shape index (κ1) is 24.2. The van der Waals surface area contributed by atoms with Crippen LogP contribution in [0.3, 0.4) is 0 Å². The highest BCUT2D eigenvalue weighted by molar-refractivity contribution is 5.92. The van der Waals surface area contributed by atoms with Crippen LogP contribution < -0.4 is 5.32 Å². The summed E-state index contributed by atoms with van der Waals surface area (Å²) in [5.41, 5.74) is 1.69. The fourth-order valence-electron chi connectivity index (χ4n) is 6.19. The van der Waals surface area contributed by atoms with E-state index in [1.807, 2.05) is 0 Å². The Hall–Kier alpha value is -4.12. The smallest absolute Gasteiger partial charge is 0.273 e. The Morgan fingerprint density at radius 2 is 1.95 bits per heavy atom. The zero-order chi connectivity index (χ0) is 26.7. The minimum atomic E-state index is -0.690. The van der Waals surface area contributed by atoms with Gasteiger partial charge in [0.15, 0.2) is 5.69 Å². The van der Waals surface area contributed by atoms with Crippen LogP contribution in [0.5, 0.6) is 0 Å². The van der Waals surface area contributed by atoms with Gasteiger partial charge in [-0.15, -0.1) is 5.10 Å². The molecule has 0 radical (unpaired) electrons. The number of rotatable bonds is 6. The molecular formula is C27H24F2N6O3. The van der Waals surface area contributed by atoms with E-state index in [-0.39, 0.29) is 47.3 Å². The zero-order valence-corrected chi connectivity index (χ0v) is 20.7. The molecule has 9 nitrogen and oxygen atoms in total. The van der Waals surface area contributed by atoms with Crippen molar-refractivity contribution in [2.45, 2.75) is 38.0 Å². The summed E-state index contributed by atoms with van der Waals surface area (Å²) in [5, 5.41) is 20.2. The Bertz CT molecular complexity index is 1550. The molecule has 3 heterocycles. The minimum Gasteiger partial charge on any atom is -0.442 e. The van der Waals surface area contributed by atoms with Gasteiger partial charge in [-0.05, 0) is 47.9 Å². The van der Waals surface area contributed by atoms with Crippen LogP contribution in [0.25, 0.3) is 22.8 Å². The van der Waals surface area contributed by atoms with E-state index in [0.29, 0.717) is 11.4 Å². The third-order valence-electron chi connectivity index (χ3n) is 8.03. The second kappa shape index (κ2) is 8.73. The predicted molar refractivity (Wildman–Crippen MR) is 131 cm³/mol. The molecular weight excluding hydrogens is 494 g/mol. The van der Waals surface area contributed by atoms with Gasteiger partial charge in [0.1, 0.15) is 23.6 Å². The summed E-state index contributed by atoms with van der Waals surface area (Å²) in [5.74, 6) is -1.64. The highest BCUT2D eigenvalue weighted by Gasteiger charge is 2.65. The Balaban J connectivity index is 1.42. The molecule has 3 aromatic heterocycles. The molecule has 2 bridgehead atoms. The molecule has 0 saturated heterocycles. The number of oxazole rings is 1. The Labute approximate surface area is 216 Å². The molecule has 0 aliphatic heterocycles. The Morgan fingerprint density at radius 1 is 1.16 bits per heavy atom. The van der Waals surface area contributed by atoms with Crippen LogP contribution >= 0.6 is 0 Å². The number of carbonyl (C=O) groups excluding carboxylic acids is 1. The number of amides is 1. The van der Waals surface area contributed by atoms with Crippen molar-refractivity contribution in [1.29, 1.82) is 0 Å². The van der Waals surface area contributed by atoms with E-state index in [9.17, 15) is 13.6 Å². The number of hydrogen-bond donors (Lipinski definition) is 2. The number of carbonyl (C=O) groups is 1. The molecule has 2 N–H and O–H groups in total. The van der Waals surface area contributed by atoms with Gasteiger partial charge in [0.2, 0.25) is 5.89 Å². The average molecular weight is 519 g/mol. The number of aliphatic hydroxyl groups excluding tert-OH is 1. The minimum absolute atomic E-state index is 0.0602. The molecule has 38 heavy (non-hydrogen) atoms. The lowest BCUT2D eigenvalue weighted by Gasteiger charge is -2.37. The molecule has 194 valence electrons. The normalized spacial score (nSPS) is 20.9. The van der Waals surface area contributed by atoms with Crippen molar-refractivity contribution in [3.05, 3.63) is 77.2 Å². The van der Waals surface area contributed by atoms with Gasteiger partial charge >= 0.3 is 0 Å². The fraction of sp³-hybridized carbons (Fsp3) is 0.333. The number of halogens is 2. The van der Waals surface area contributed by atoms with Crippen LogP contribution in [-0.4, -0.2) is 49.3 Å². The molecule has 1 unspecified atom stereocenters. The summed E-state index contributed by atoms with van der Waals surface area (Å²) in [4.78, 5) is 25.7. The summed E-state index contributed by atoms with van der Waals surface area (Å²) in [6.45, 7) is 4.18. The molecule has 4 aromatic rings. The second-order valence-corrected chi connectivity index (χ2v) is 10.2. The van der Waals surface area contributed by atoms with E-state index < -0.39 is 23.0 Å². The van der Waals surface area contributed by atoms with Crippen molar-refractivity contribution >= 4 is 5.91 Å². The number of benzene rings is 1. The molecule has 1 aromatic carbocycles. The summed E-state index contributed by atoms with van der Waals surface area (Å²) >= 11 is 0. The maximum Gasteiger partial charge on any atom is 0.273 e. The number of nitrogens with zero attached hydrogens (tertiary/aromatic N) is 5. The maximum absolute atomic E-state index is 14.5. The van der Waals surface area contributed by atoms with Crippen molar-refractivity contribution in [3.8, 4) is 22.8 Å². The first-order valence-corrected chi connectivity index (χ1v) is 12.3. The third kappa shape index (κ3) is 3.38. The van der Waals surface area contributed by atoms with Crippen LogP contribution in [-0.2, 0) is 5.41 Å². The average Bonchev–Trinajstić information content (AvgIpc) is 3.56. The van der Waals surface area contributed by atoms with E-state index >= 15 is 0 Å². The van der Waals surface area contributed by atoms with Crippen molar-refractivity contribution in [3.63, 3.8) is 0 Å². The quantitative estimate of drug-likeness (QED) is 0.395. The predicted octanol–water partition coefficient (Wildman–Crippen LogP) is 3.79. The Kier molecular flexibility index (Phi) is 5.56. The molecule has 2 atom stereocenters. The SMILES string of the molecule is CC1(C)[C@H]2CCC1(c1cncc(-c3nc(C(=O)NCCO)co3)n1)c1nnc(-c3c(F)cccc3F)cc12.